The maximum absolute atomic E-state index is 4.70. The lowest BCUT2D eigenvalue weighted by Gasteiger charge is -2.04. The number of hydrogen-bond acceptors (Lipinski definition) is 4. The third-order valence-electron chi connectivity index (χ3n) is 3.07. The Labute approximate surface area is 111 Å². The van der Waals surface area contributed by atoms with Crippen molar-refractivity contribution in [1.29, 1.82) is 0 Å². The van der Waals surface area contributed by atoms with Gasteiger partial charge in [0, 0.05) is 30.5 Å². The standard InChI is InChI=1S/C13H16N4S/c1-18-9-6-12-15-13(10-2-3-10)16-17(12)11-4-7-14-8-5-11/h4-5,7-8,10H,2-3,6,9H2,1H3. The van der Waals surface area contributed by atoms with Crippen molar-refractivity contribution in [3.8, 4) is 5.69 Å². The average molecular weight is 260 g/mol. The molecule has 4 nitrogen and oxygen atoms in total. The largest absolute Gasteiger partial charge is 0.265 e. The van der Waals surface area contributed by atoms with Crippen LogP contribution in [0.3, 0.4) is 0 Å². The molecule has 18 heavy (non-hydrogen) atoms. The van der Waals surface area contributed by atoms with Crippen LogP contribution < -0.4 is 0 Å². The molecule has 1 aliphatic carbocycles. The molecule has 3 rings (SSSR count). The van der Waals surface area contributed by atoms with Crippen molar-refractivity contribution in [2.45, 2.75) is 25.2 Å². The molecule has 0 aromatic carbocycles. The summed E-state index contributed by atoms with van der Waals surface area (Å²) < 4.78 is 1.98. The molecule has 0 bridgehead atoms. The summed E-state index contributed by atoms with van der Waals surface area (Å²) in [7, 11) is 0. The highest BCUT2D eigenvalue weighted by atomic mass is 32.2. The fourth-order valence-corrected chi connectivity index (χ4v) is 2.31. The summed E-state index contributed by atoms with van der Waals surface area (Å²) in [5.74, 6) is 3.76. The van der Waals surface area contributed by atoms with Gasteiger partial charge >= 0.3 is 0 Å². The van der Waals surface area contributed by atoms with E-state index >= 15 is 0 Å². The minimum Gasteiger partial charge on any atom is -0.265 e. The number of rotatable bonds is 5. The Bertz CT molecular complexity index is 519. The van der Waals surface area contributed by atoms with Gasteiger partial charge in [-0.2, -0.15) is 16.9 Å². The molecule has 0 saturated heterocycles. The minimum atomic E-state index is 0.598. The molecule has 0 amide bonds. The summed E-state index contributed by atoms with van der Waals surface area (Å²) in [4.78, 5) is 8.76. The van der Waals surface area contributed by atoms with Crippen LogP contribution in [0, 0.1) is 0 Å². The molecule has 5 heteroatoms. The lowest BCUT2D eigenvalue weighted by molar-refractivity contribution is 0.790. The lowest BCUT2D eigenvalue weighted by atomic mass is 10.4. The van der Waals surface area contributed by atoms with Gasteiger partial charge in [-0.1, -0.05) is 0 Å². The molecule has 0 atom stereocenters. The number of nitrogens with zero attached hydrogens (tertiary/aromatic N) is 4. The van der Waals surface area contributed by atoms with E-state index in [2.05, 4.69) is 16.3 Å². The van der Waals surface area contributed by atoms with Crippen LogP contribution in [-0.4, -0.2) is 31.8 Å². The van der Waals surface area contributed by atoms with Crippen molar-refractivity contribution < 1.29 is 0 Å². The van der Waals surface area contributed by atoms with E-state index in [1.807, 2.05) is 28.6 Å². The van der Waals surface area contributed by atoms with Crippen LogP contribution in [0.15, 0.2) is 24.5 Å². The second kappa shape index (κ2) is 5.10. The van der Waals surface area contributed by atoms with Crippen LogP contribution >= 0.6 is 11.8 Å². The average Bonchev–Trinajstić information content (AvgIpc) is 3.18. The third kappa shape index (κ3) is 2.41. The summed E-state index contributed by atoms with van der Waals surface area (Å²) in [5.41, 5.74) is 1.06. The summed E-state index contributed by atoms with van der Waals surface area (Å²) in [6.45, 7) is 0. The van der Waals surface area contributed by atoms with Gasteiger partial charge in [-0.25, -0.2) is 9.67 Å². The van der Waals surface area contributed by atoms with E-state index in [-0.39, 0.29) is 0 Å². The normalized spacial score (nSPS) is 14.9. The van der Waals surface area contributed by atoms with E-state index in [1.54, 1.807) is 12.4 Å². The molecule has 2 aromatic rings. The maximum atomic E-state index is 4.70. The zero-order valence-corrected chi connectivity index (χ0v) is 11.2. The Morgan fingerprint density at radius 1 is 1.33 bits per heavy atom. The second-order valence-electron chi connectivity index (χ2n) is 4.52. The van der Waals surface area contributed by atoms with Crippen LogP contribution in [0.5, 0.6) is 0 Å². The van der Waals surface area contributed by atoms with Crippen LogP contribution in [-0.2, 0) is 6.42 Å². The fraction of sp³-hybridized carbons (Fsp3) is 0.462. The SMILES string of the molecule is CSCCc1nc(C2CC2)nn1-c1ccncc1. The number of thioether (sulfide) groups is 1. The van der Waals surface area contributed by atoms with E-state index < -0.39 is 0 Å². The fourth-order valence-electron chi connectivity index (χ4n) is 1.92. The van der Waals surface area contributed by atoms with Crippen molar-refractivity contribution in [2.75, 3.05) is 12.0 Å². The molecule has 94 valence electrons. The molecular formula is C13H16N4S. The summed E-state index contributed by atoms with van der Waals surface area (Å²) in [6.07, 6.45) is 9.15. The molecule has 0 radical (unpaired) electrons. The highest BCUT2D eigenvalue weighted by Crippen LogP contribution is 2.38. The monoisotopic (exact) mass is 260 g/mol. The smallest absolute Gasteiger partial charge is 0.154 e. The van der Waals surface area contributed by atoms with Crippen molar-refractivity contribution >= 4 is 11.8 Å². The van der Waals surface area contributed by atoms with E-state index in [0.29, 0.717) is 5.92 Å². The molecule has 1 saturated carbocycles. The van der Waals surface area contributed by atoms with Gasteiger partial charge in [0.15, 0.2) is 5.82 Å². The first-order valence-electron chi connectivity index (χ1n) is 6.23. The predicted octanol–water partition coefficient (Wildman–Crippen LogP) is 2.45. The Balaban J connectivity index is 1.95. The Morgan fingerprint density at radius 2 is 2.11 bits per heavy atom. The zero-order chi connectivity index (χ0) is 12.4. The number of hydrogen-bond donors (Lipinski definition) is 0. The van der Waals surface area contributed by atoms with Gasteiger partial charge in [0.1, 0.15) is 5.82 Å². The molecule has 0 spiro atoms. The van der Waals surface area contributed by atoms with Crippen LogP contribution in [0.1, 0.15) is 30.4 Å². The minimum absolute atomic E-state index is 0.598. The zero-order valence-electron chi connectivity index (χ0n) is 10.4. The lowest BCUT2D eigenvalue weighted by Crippen LogP contribution is -2.04. The highest BCUT2D eigenvalue weighted by Gasteiger charge is 2.29. The van der Waals surface area contributed by atoms with E-state index in [9.17, 15) is 0 Å². The summed E-state index contributed by atoms with van der Waals surface area (Å²) in [6, 6.07) is 3.96. The Kier molecular flexibility index (Phi) is 3.32. The van der Waals surface area contributed by atoms with Crippen molar-refractivity contribution in [1.82, 2.24) is 19.7 Å². The second-order valence-corrected chi connectivity index (χ2v) is 5.51. The van der Waals surface area contributed by atoms with Crippen LogP contribution in [0.2, 0.25) is 0 Å². The Hall–Kier alpha value is -1.36. The van der Waals surface area contributed by atoms with Gasteiger partial charge < -0.3 is 0 Å². The maximum Gasteiger partial charge on any atom is 0.154 e. The molecule has 0 aliphatic heterocycles. The molecule has 0 N–H and O–H groups in total. The molecular weight excluding hydrogens is 244 g/mol. The Morgan fingerprint density at radius 3 is 2.78 bits per heavy atom. The van der Waals surface area contributed by atoms with Gasteiger partial charge in [-0.15, -0.1) is 0 Å². The number of aryl methyl sites for hydroxylation is 1. The van der Waals surface area contributed by atoms with E-state index in [0.717, 1.165) is 29.5 Å². The van der Waals surface area contributed by atoms with Gasteiger partial charge in [0.05, 0.1) is 5.69 Å². The first-order chi connectivity index (χ1) is 8.88. The van der Waals surface area contributed by atoms with Crippen LogP contribution in [0.4, 0.5) is 0 Å². The molecule has 2 heterocycles. The number of aromatic nitrogens is 4. The van der Waals surface area contributed by atoms with Crippen molar-refractivity contribution in [2.24, 2.45) is 0 Å². The predicted molar refractivity (Wildman–Crippen MR) is 73.2 cm³/mol. The van der Waals surface area contributed by atoms with Crippen molar-refractivity contribution in [3.05, 3.63) is 36.2 Å². The van der Waals surface area contributed by atoms with Crippen LogP contribution in [0.25, 0.3) is 5.69 Å². The summed E-state index contributed by atoms with van der Waals surface area (Å²) in [5, 5.41) is 4.66. The molecule has 1 fully saturated rings. The summed E-state index contributed by atoms with van der Waals surface area (Å²) >= 11 is 1.84. The molecule has 2 aromatic heterocycles. The molecule has 0 unspecified atom stereocenters. The van der Waals surface area contributed by atoms with Gasteiger partial charge in [0.2, 0.25) is 0 Å². The molecule has 1 aliphatic rings. The quantitative estimate of drug-likeness (QED) is 0.828. The first-order valence-corrected chi connectivity index (χ1v) is 7.63. The van der Waals surface area contributed by atoms with Gasteiger partial charge in [-0.3, -0.25) is 4.98 Å². The third-order valence-corrected chi connectivity index (χ3v) is 3.68. The number of pyridine rings is 1. The van der Waals surface area contributed by atoms with Gasteiger partial charge in [0.25, 0.3) is 0 Å². The highest BCUT2D eigenvalue weighted by molar-refractivity contribution is 7.98. The topological polar surface area (TPSA) is 43.6 Å². The van der Waals surface area contributed by atoms with E-state index in [4.69, 9.17) is 4.98 Å². The van der Waals surface area contributed by atoms with E-state index in [1.165, 1.54) is 12.8 Å². The first kappa shape index (κ1) is 11.7. The van der Waals surface area contributed by atoms with Gasteiger partial charge in [-0.05, 0) is 31.2 Å². The van der Waals surface area contributed by atoms with Crippen molar-refractivity contribution in [3.63, 3.8) is 0 Å².